The lowest BCUT2D eigenvalue weighted by atomic mass is 10.1. The zero-order valence-corrected chi connectivity index (χ0v) is 10.7. The van der Waals surface area contributed by atoms with Crippen LogP contribution in [0.15, 0.2) is 24.7 Å². The quantitative estimate of drug-likeness (QED) is 0.842. The molecule has 0 fully saturated rings. The number of fused-ring (bicyclic) bond motifs is 1. The number of aliphatic hydroxyl groups excluding tert-OH is 1. The lowest BCUT2D eigenvalue weighted by Gasteiger charge is -2.14. The van der Waals surface area contributed by atoms with E-state index >= 15 is 0 Å². The number of rotatable bonds is 5. The SMILES string of the molecule is CC(C)CC(O)CNc1ncnc2ncccc12. The molecule has 0 bridgehead atoms. The first-order chi connectivity index (χ1) is 8.66. The summed E-state index contributed by atoms with van der Waals surface area (Å²) >= 11 is 0. The molecule has 96 valence electrons. The first-order valence-corrected chi connectivity index (χ1v) is 6.14. The van der Waals surface area contributed by atoms with Crippen molar-refractivity contribution in [1.82, 2.24) is 15.0 Å². The number of nitrogens with zero attached hydrogens (tertiary/aromatic N) is 3. The Morgan fingerprint density at radius 1 is 1.28 bits per heavy atom. The van der Waals surface area contributed by atoms with E-state index in [1.165, 1.54) is 6.33 Å². The maximum absolute atomic E-state index is 9.83. The summed E-state index contributed by atoms with van der Waals surface area (Å²) in [5, 5.41) is 13.9. The fourth-order valence-corrected chi connectivity index (χ4v) is 1.88. The van der Waals surface area contributed by atoms with Gasteiger partial charge in [0.25, 0.3) is 0 Å². The van der Waals surface area contributed by atoms with Crippen molar-refractivity contribution in [2.75, 3.05) is 11.9 Å². The van der Waals surface area contributed by atoms with Crippen LogP contribution in [0.1, 0.15) is 20.3 Å². The molecule has 0 saturated heterocycles. The number of anilines is 1. The Hall–Kier alpha value is -1.75. The van der Waals surface area contributed by atoms with Crippen molar-refractivity contribution in [3.63, 3.8) is 0 Å². The summed E-state index contributed by atoms with van der Waals surface area (Å²) < 4.78 is 0. The van der Waals surface area contributed by atoms with E-state index < -0.39 is 0 Å². The van der Waals surface area contributed by atoms with Crippen molar-refractivity contribution >= 4 is 16.9 Å². The molecule has 5 heteroatoms. The molecule has 0 spiro atoms. The van der Waals surface area contributed by atoms with Crippen molar-refractivity contribution in [3.05, 3.63) is 24.7 Å². The van der Waals surface area contributed by atoms with Gasteiger partial charge in [-0.1, -0.05) is 13.8 Å². The topological polar surface area (TPSA) is 70.9 Å². The highest BCUT2D eigenvalue weighted by Gasteiger charge is 2.08. The van der Waals surface area contributed by atoms with Gasteiger partial charge in [-0.05, 0) is 24.5 Å². The van der Waals surface area contributed by atoms with Gasteiger partial charge in [0.05, 0.1) is 11.5 Å². The van der Waals surface area contributed by atoms with Gasteiger partial charge in [-0.2, -0.15) is 0 Å². The van der Waals surface area contributed by atoms with Gasteiger partial charge in [0.2, 0.25) is 0 Å². The van der Waals surface area contributed by atoms with Gasteiger partial charge in [0.15, 0.2) is 5.65 Å². The van der Waals surface area contributed by atoms with Gasteiger partial charge in [-0.3, -0.25) is 0 Å². The van der Waals surface area contributed by atoms with Crippen LogP contribution in [0, 0.1) is 5.92 Å². The Morgan fingerprint density at radius 3 is 2.89 bits per heavy atom. The van der Waals surface area contributed by atoms with Crippen LogP contribution in [0.5, 0.6) is 0 Å². The summed E-state index contributed by atoms with van der Waals surface area (Å²) in [5.74, 6) is 1.20. The zero-order chi connectivity index (χ0) is 13.0. The zero-order valence-electron chi connectivity index (χ0n) is 10.7. The Morgan fingerprint density at radius 2 is 2.11 bits per heavy atom. The molecule has 2 aromatic heterocycles. The summed E-state index contributed by atoms with van der Waals surface area (Å²) in [6.45, 7) is 4.67. The van der Waals surface area contributed by atoms with Crippen LogP contribution in [0.4, 0.5) is 5.82 Å². The van der Waals surface area contributed by atoms with E-state index in [1.807, 2.05) is 12.1 Å². The Kier molecular flexibility index (Phi) is 4.04. The van der Waals surface area contributed by atoms with Gasteiger partial charge in [-0.15, -0.1) is 0 Å². The van der Waals surface area contributed by atoms with Crippen LogP contribution in [0.3, 0.4) is 0 Å². The minimum absolute atomic E-state index is 0.369. The van der Waals surface area contributed by atoms with Gasteiger partial charge in [-0.25, -0.2) is 15.0 Å². The molecular weight excluding hydrogens is 228 g/mol. The van der Waals surface area contributed by atoms with E-state index in [0.717, 1.165) is 17.6 Å². The predicted molar refractivity (Wildman–Crippen MR) is 71.3 cm³/mol. The average Bonchev–Trinajstić information content (AvgIpc) is 2.35. The van der Waals surface area contributed by atoms with E-state index in [9.17, 15) is 5.11 Å². The van der Waals surface area contributed by atoms with Crippen LogP contribution in [0.2, 0.25) is 0 Å². The van der Waals surface area contributed by atoms with E-state index in [2.05, 4.69) is 34.1 Å². The standard InChI is InChI=1S/C13H18N4O/c1-9(2)6-10(18)7-15-13-11-4-3-5-14-12(11)16-8-17-13/h3-5,8-10,18H,6-7H2,1-2H3,(H,14,15,16,17). The number of pyridine rings is 1. The maximum atomic E-state index is 9.83. The molecule has 2 rings (SSSR count). The molecule has 18 heavy (non-hydrogen) atoms. The van der Waals surface area contributed by atoms with Crippen molar-refractivity contribution in [2.45, 2.75) is 26.4 Å². The number of aromatic nitrogens is 3. The molecule has 0 aliphatic heterocycles. The van der Waals surface area contributed by atoms with Gasteiger partial charge >= 0.3 is 0 Å². The second kappa shape index (κ2) is 5.73. The highest BCUT2D eigenvalue weighted by molar-refractivity contribution is 5.85. The number of aliphatic hydroxyl groups is 1. The van der Waals surface area contributed by atoms with Crippen molar-refractivity contribution in [1.29, 1.82) is 0 Å². The first-order valence-electron chi connectivity index (χ1n) is 6.14. The normalized spacial score (nSPS) is 12.9. The molecule has 0 aliphatic rings. The average molecular weight is 246 g/mol. The summed E-state index contributed by atoms with van der Waals surface area (Å²) in [4.78, 5) is 12.4. The second-order valence-electron chi connectivity index (χ2n) is 4.76. The van der Waals surface area contributed by atoms with Crippen LogP contribution < -0.4 is 5.32 Å². The molecule has 0 saturated carbocycles. The first kappa shape index (κ1) is 12.7. The van der Waals surface area contributed by atoms with Crippen LogP contribution in [-0.4, -0.2) is 32.7 Å². The monoisotopic (exact) mass is 246 g/mol. The molecule has 2 aromatic rings. The smallest absolute Gasteiger partial charge is 0.164 e. The third-order valence-corrected chi connectivity index (χ3v) is 2.66. The number of hydrogen-bond acceptors (Lipinski definition) is 5. The van der Waals surface area contributed by atoms with Crippen LogP contribution in [-0.2, 0) is 0 Å². The van der Waals surface area contributed by atoms with E-state index in [4.69, 9.17) is 0 Å². The molecule has 1 atom stereocenters. The fourth-order valence-electron chi connectivity index (χ4n) is 1.88. The molecule has 5 nitrogen and oxygen atoms in total. The molecule has 0 aromatic carbocycles. The van der Waals surface area contributed by atoms with E-state index in [0.29, 0.717) is 18.1 Å². The van der Waals surface area contributed by atoms with Crippen LogP contribution >= 0.6 is 0 Å². The summed E-state index contributed by atoms with van der Waals surface area (Å²) in [7, 11) is 0. The van der Waals surface area contributed by atoms with E-state index in [-0.39, 0.29) is 6.10 Å². The summed E-state index contributed by atoms with van der Waals surface area (Å²) in [5.41, 5.74) is 0.661. The predicted octanol–water partition coefficient (Wildman–Crippen LogP) is 1.84. The summed E-state index contributed by atoms with van der Waals surface area (Å²) in [6, 6.07) is 3.76. The minimum atomic E-state index is -0.369. The second-order valence-corrected chi connectivity index (χ2v) is 4.76. The molecule has 1 unspecified atom stereocenters. The van der Waals surface area contributed by atoms with Crippen molar-refractivity contribution in [2.24, 2.45) is 5.92 Å². The van der Waals surface area contributed by atoms with Gasteiger partial charge in [0, 0.05) is 12.7 Å². The van der Waals surface area contributed by atoms with Crippen LogP contribution in [0.25, 0.3) is 11.0 Å². The Balaban J connectivity index is 2.08. The number of hydrogen-bond donors (Lipinski definition) is 2. The summed E-state index contributed by atoms with van der Waals surface area (Å²) in [6.07, 6.45) is 3.58. The fraction of sp³-hybridized carbons (Fsp3) is 0.462. The minimum Gasteiger partial charge on any atom is -0.391 e. The van der Waals surface area contributed by atoms with Gasteiger partial charge in [0.1, 0.15) is 12.1 Å². The molecule has 0 aliphatic carbocycles. The Labute approximate surface area is 106 Å². The molecule has 2 N–H and O–H groups in total. The van der Waals surface area contributed by atoms with E-state index in [1.54, 1.807) is 6.20 Å². The molecule has 0 amide bonds. The highest BCUT2D eigenvalue weighted by Crippen LogP contribution is 2.16. The third kappa shape index (κ3) is 3.13. The third-order valence-electron chi connectivity index (χ3n) is 2.66. The Bertz CT molecular complexity index is 510. The molecular formula is C13H18N4O. The molecule has 0 radical (unpaired) electrons. The van der Waals surface area contributed by atoms with Crippen molar-refractivity contribution in [3.8, 4) is 0 Å². The lowest BCUT2D eigenvalue weighted by Crippen LogP contribution is -2.21. The van der Waals surface area contributed by atoms with Crippen molar-refractivity contribution < 1.29 is 5.11 Å². The number of nitrogens with one attached hydrogen (secondary N) is 1. The molecule has 2 heterocycles. The maximum Gasteiger partial charge on any atom is 0.164 e. The lowest BCUT2D eigenvalue weighted by molar-refractivity contribution is 0.161. The largest absolute Gasteiger partial charge is 0.391 e. The highest BCUT2D eigenvalue weighted by atomic mass is 16.3. The van der Waals surface area contributed by atoms with Gasteiger partial charge < -0.3 is 10.4 Å².